The van der Waals surface area contributed by atoms with Gasteiger partial charge in [0.05, 0.1) is 0 Å². The van der Waals surface area contributed by atoms with Crippen LogP contribution in [0.3, 0.4) is 0 Å². The molecule has 3 heteroatoms. The molecule has 0 atom stereocenters. The topological polar surface area (TPSA) is 0 Å². The second-order valence-corrected chi connectivity index (χ2v) is 7.78. The van der Waals surface area contributed by atoms with Crippen LogP contribution in [-0.2, 0) is 13.5 Å². The first-order chi connectivity index (χ1) is 4.27. The standard InChI is InChI=1S/C6H12.2ClH.Ru/c1-3-5-6-4-2;;;/h1H,3-6H2,2H3;2*1H;/q;;;+2/p-2. The third-order valence-electron chi connectivity index (χ3n) is 1.02. The zero-order chi connectivity index (χ0) is 7.11. The van der Waals surface area contributed by atoms with Gasteiger partial charge in [0.2, 0.25) is 0 Å². The first-order valence-corrected chi connectivity index (χ1v) is 8.57. The van der Waals surface area contributed by atoms with Gasteiger partial charge in [0.15, 0.2) is 0 Å². The summed E-state index contributed by atoms with van der Waals surface area (Å²) in [6, 6.07) is 0. The summed E-state index contributed by atoms with van der Waals surface area (Å²) in [5.41, 5.74) is 0. The van der Waals surface area contributed by atoms with Gasteiger partial charge in [-0.05, 0) is 0 Å². The molecule has 0 fully saturated rings. The summed E-state index contributed by atoms with van der Waals surface area (Å²) in [5.74, 6) is 0. The Labute approximate surface area is 70.0 Å². The predicted octanol–water partition coefficient (Wildman–Crippen LogP) is 3.29. The molecule has 0 aliphatic heterocycles. The average molecular weight is 256 g/mol. The Morgan fingerprint density at radius 2 is 2.00 bits per heavy atom. The van der Waals surface area contributed by atoms with Gasteiger partial charge in [-0.2, -0.15) is 0 Å². The molecule has 0 amide bonds. The minimum absolute atomic E-state index is 1.11. The zero-order valence-corrected chi connectivity index (χ0v) is 8.77. The summed E-state index contributed by atoms with van der Waals surface area (Å²) < 4.78 is 2.07. The van der Waals surface area contributed by atoms with E-state index in [0.29, 0.717) is 0 Å². The van der Waals surface area contributed by atoms with E-state index in [4.69, 9.17) is 19.4 Å². The molecular formula is C6H12Cl2Ru. The monoisotopic (exact) mass is 256 g/mol. The molecular weight excluding hydrogens is 244 g/mol. The van der Waals surface area contributed by atoms with Crippen LogP contribution in [0.15, 0.2) is 0 Å². The fourth-order valence-corrected chi connectivity index (χ4v) is 2.19. The molecule has 0 nitrogen and oxygen atoms in total. The van der Waals surface area contributed by atoms with Gasteiger partial charge in [-0.25, -0.2) is 0 Å². The van der Waals surface area contributed by atoms with Crippen molar-refractivity contribution in [1.29, 1.82) is 0 Å². The third kappa shape index (κ3) is 9.07. The van der Waals surface area contributed by atoms with E-state index in [9.17, 15) is 0 Å². The van der Waals surface area contributed by atoms with Crippen LogP contribution in [0.1, 0.15) is 32.6 Å². The van der Waals surface area contributed by atoms with Gasteiger partial charge in [0.1, 0.15) is 0 Å². The van der Waals surface area contributed by atoms with E-state index in [1.54, 1.807) is 0 Å². The Morgan fingerprint density at radius 3 is 2.44 bits per heavy atom. The maximum absolute atomic E-state index is 5.61. The fourth-order valence-electron chi connectivity index (χ4n) is 0.544. The van der Waals surface area contributed by atoms with E-state index in [2.05, 4.69) is 11.5 Å². The summed E-state index contributed by atoms with van der Waals surface area (Å²) >= 11 is -1.43. The normalized spacial score (nSPS) is 11.2. The third-order valence-corrected chi connectivity index (χ3v) is 3.35. The SMILES string of the molecule is CCCCC[CH]=[Ru]([Cl])[Cl]. The van der Waals surface area contributed by atoms with Crippen molar-refractivity contribution in [2.24, 2.45) is 0 Å². The number of rotatable bonds is 4. The van der Waals surface area contributed by atoms with Gasteiger partial charge in [-0.3, -0.25) is 0 Å². The van der Waals surface area contributed by atoms with Crippen molar-refractivity contribution in [1.82, 2.24) is 0 Å². The molecule has 0 rings (SSSR count). The van der Waals surface area contributed by atoms with E-state index in [0.717, 1.165) is 6.42 Å². The predicted molar refractivity (Wildman–Crippen MR) is 41.9 cm³/mol. The van der Waals surface area contributed by atoms with Crippen molar-refractivity contribution in [3.05, 3.63) is 0 Å². The molecule has 0 aliphatic rings. The summed E-state index contributed by atoms with van der Waals surface area (Å²) in [4.78, 5) is 0. The molecule has 0 heterocycles. The van der Waals surface area contributed by atoms with Gasteiger partial charge < -0.3 is 0 Å². The van der Waals surface area contributed by atoms with Crippen molar-refractivity contribution in [3.8, 4) is 0 Å². The van der Waals surface area contributed by atoms with Crippen LogP contribution in [0.25, 0.3) is 0 Å². The summed E-state index contributed by atoms with van der Waals surface area (Å²) in [7, 11) is 11.2. The Balaban J connectivity index is 3.00. The van der Waals surface area contributed by atoms with Crippen LogP contribution < -0.4 is 0 Å². The molecule has 0 aromatic rings. The minimum atomic E-state index is -1.43. The molecule has 0 N–H and O–H groups in total. The molecule has 0 bridgehead atoms. The van der Waals surface area contributed by atoms with Gasteiger partial charge in [0.25, 0.3) is 0 Å². The van der Waals surface area contributed by atoms with Crippen LogP contribution in [0.2, 0.25) is 0 Å². The second-order valence-electron chi connectivity index (χ2n) is 1.84. The van der Waals surface area contributed by atoms with Crippen molar-refractivity contribution in [2.45, 2.75) is 32.6 Å². The van der Waals surface area contributed by atoms with Crippen LogP contribution in [-0.4, -0.2) is 4.61 Å². The zero-order valence-electron chi connectivity index (χ0n) is 5.52. The van der Waals surface area contributed by atoms with Crippen molar-refractivity contribution >= 4 is 24.0 Å². The molecule has 0 aromatic carbocycles. The number of unbranched alkanes of at least 4 members (excludes halogenated alkanes) is 3. The Kier molecular flexibility index (Phi) is 8.04. The number of halogens is 2. The molecule has 0 saturated carbocycles. The second kappa shape index (κ2) is 7.18. The molecule has 0 spiro atoms. The summed E-state index contributed by atoms with van der Waals surface area (Å²) in [6.07, 6.45) is 4.93. The molecule has 0 aliphatic carbocycles. The van der Waals surface area contributed by atoms with E-state index in [-0.39, 0.29) is 0 Å². The van der Waals surface area contributed by atoms with Gasteiger partial charge in [0, 0.05) is 0 Å². The molecule has 9 heavy (non-hydrogen) atoms. The Morgan fingerprint density at radius 1 is 1.33 bits per heavy atom. The first kappa shape index (κ1) is 10.1. The molecule has 0 unspecified atom stereocenters. The first-order valence-electron chi connectivity index (χ1n) is 3.09. The quantitative estimate of drug-likeness (QED) is 0.534. The summed E-state index contributed by atoms with van der Waals surface area (Å²) in [6.45, 7) is 2.19. The van der Waals surface area contributed by atoms with Crippen LogP contribution in [0.5, 0.6) is 0 Å². The van der Waals surface area contributed by atoms with E-state index in [1.165, 1.54) is 19.3 Å². The molecule has 58 valence electrons. The van der Waals surface area contributed by atoms with Crippen LogP contribution in [0.4, 0.5) is 0 Å². The molecule has 0 aromatic heterocycles. The van der Waals surface area contributed by atoms with Crippen molar-refractivity contribution in [2.75, 3.05) is 0 Å². The average Bonchev–Trinajstić information content (AvgIpc) is 1.80. The van der Waals surface area contributed by atoms with Crippen LogP contribution >= 0.6 is 19.4 Å². The number of hydrogen-bond acceptors (Lipinski definition) is 0. The van der Waals surface area contributed by atoms with Gasteiger partial charge >= 0.3 is 70.1 Å². The summed E-state index contributed by atoms with van der Waals surface area (Å²) in [5, 5.41) is 0. The Hall–Kier alpha value is 1.07. The van der Waals surface area contributed by atoms with E-state index >= 15 is 0 Å². The van der Waals surface area contributed by atoms with E-state index in [1.807, 2.05) is 0 Å². The van der Waals surface area contributed by atoms with Crippen molar-refractivity contribution < 1.29 is 13.5 Å². The van der Waals surface area contributed by atoms with E-state index < -0.39 is 13.5 Å². The molecule has 0 radical (unpaired) electrons. The molecule has 0 saturated heterocycles. The van der Waals surface area contributed by atoms with Crippen LogP contribution in [0, 0.1) is 0 Å². The Bertz CT molecular complexity index is 87.1. The van der Waals surface area contributed by atoms with Crippen molar-refractivity contribution in [3.63, 3.8) is 0 Å². The van der Waals surface area contributed by atoms with Gasteiger partial charge in [-0.1, -0.05) is 0 Å². The maximum atomic E-state index is 5.61. The fraction of sp³-hybridized carbons (Fsp3) is 0.833. The van der Waals surface area contributed by atoms with Gasteiger partial charge in [-0.15, -0.1) is 0 Å². The number of hydrogen-bond donors (Lipinski definition) is 0.